The number of aliphatic imine (C=N–C) groups is 1. The van der Waals surface area contributed by atoms with E-state index < -0.39 is 11.6 Å². The quantitative estimate of drug-likeness (QED) is 0.310. The number of guanidine groups is 1. The van der Waals surface area contributed by atoms with Gasteiger partial charge in [-0.15, -0.1) is 24.0 Å². The van der Waals surface area contributed by atoms with Crippen molar-refractivity contribution in [2.24, 2.45) is 4.99 Å². The Morgan fingerprint density at radius 3 is 2.24 bits per heavy atom. The molecule has 29 heavy (non-hydrogen) atoms. The van der Waals surface area contributed by atoms with Gasteiger partial charge in [0, 0.05) is 30.9 Å². The van der Waals surface area contributed by atoms with E-state index in [9.17, 15) is 8.78 Å². The summed E-state index contributed by atoms with van der Waals surface area (Å²) in [6.07, 6.45) is 0.273. The molecule has 0 saturated heterocycles. The summed E-state index contributed by atoms with van der Waals surface area (Å²) in [5.74, 6) is 0.293. The Kier molecular flexibility index (Phi) is 10.5. The van der Waals surface area contributed by atoms with Crippen molar-refractivity contribution in [1.29, 1.82) is 0 Å². The molecular formula is C20H26F2IN3O3. The molecule has 0 bridgehead atoms. The number of hydrogen-bond acceptors (Lipinski definition) is 4. The number of benzene rings is 2. The van der Waals surface area contributed by atoms with E-state index in [-0.39, 0.29) is 42.5 Å². The van der Waals surface area contributed by atoms with Crippen molar-refractivity contribution in [3.63, 3.8) is 0 Å². The van der Waals surface area contributed by atoms with Crippen LogP contribution in [0.1, 0.15) is 12.5 Å². The highest BCUT2D eigenvalue weighted by atomic mass is 127. The Balaban J connectivity index is 0.00000420. The van der Waals surface area contributed by atoms with Crippen LogP contribution in [0.2, 0.25) is 0 Å². The molecule has 0 saturated carbocycles. The number of nitrogens with zero attached hydrogens (tertiary/aromatic N) is 1. The first kappa shape index (κ1) is 24.7. The average Bonchev–Trinajstić information content (AvgIpc) is 2.70. The van der Waals surface area contributed by atoms with Gasteiger partial charge in [-0.05, 0) is 25.0 Å². The van der Waals surface area contributed by atoms with Crippen LogP contribution in [0.5, 0.6) is 17.2 Å². The standard InChI is InChI=1S/C20H25F2N3O3.HI/c1-5-23-20(24-10-9-13-7-6-8-15(21)18(13)22)25-14-11-16(26-2)19(28-4)17(12-14)27-3;/h6-8,11-12H,5,9-10H2,1-4H3,(H2,23,24,25);1H. The topological polar surface area (TPSA) is 64.1 Å². The number of nitrogens with one attached hydrogen (secondary N) is 2. The van der Waals surface area contributed by atoms with Gasteiger partial charge in [-0.25, -0.2) is 8.78 Å². The molecule has 0 spiro atoms. The van der Waals surface area contributed by atoms with Gasteiger partial charge in [-0.3, -0.25) is 4.99 Å². The second kappa shape index (κ2) is 12.3. The summed E-state index contributed by atoms with van der Waals surface area (Å²) in [7, 11) is 4.60. The molecule has 0 aliphatic heterocycles. The molecule has 0 amide bonds. The van der Waals surface area contributed by atoms with Crippen LogP contribution in [0.25, 0.3) is 0 Å². The molecule has 0 aliphatic rings. The SMILES string of the molecule is CCNC(=NCCc1cccc(F)c1F)Nc1cc(OC)c(OC)c(OC)c1.I. The first-order valence-electron chi connectivity index (χ1n) is 8.82. The predicted octanol–water partition coefficient (Wildman–Crippen LogP) is 4.23. The minimum atomic E-state index is -0.857. The summed E-state index contributed by atoms with van der Waals surface area (Å²) in [5.41, 5.74) is 0.957. The molecule has 2 aromatic rings. The van der Waals surface area contributed by atoms with Crippen molar-refractivity contribution >= 4 is 35.6 Å². The molecule has 0 radical (unpaired) electrons. The molecule has 2 N–H and O–H groups in total. The predicted molar refractivity (Wildman–Crippen MR) is 121 cm³/mol. The van der Waals surface area contributed by atoms with Crippen LogP contribution in [-0.4, -0.2) is 40.4 Å². The summed E-state index contributed by atoms with van der Waals surface area (Å²) in [4.78, 5) is 4.42. The first-order chi connectivity index (χ1) is 13.5. The highest BCUT2D eigenvalue weighted by Crippen LogP contribution is 2.39. The maximum absolute atomic E-state index is 13.8. The fraction of sp³-hybridized carbons (Fsp3) is 0.350. The highest BCUT2D eigenvalue weighted by Gasteiger charge is 2.14. The van der Waals surface area contributed by atoms with E-state index in [0.717, 1.165) is 6.07 Å². The molecule has 160 valence electrons. The van der Waals surface area contributed by atoms with Gasteiger partial charge in [0.2, 0.25) is 5.75 Å². The Bertz CT molecular complexity index is 810. The van der Waals surface area contributed by atoms with E-state index in [2.05, 4.69) is 15.6 Å². The highest BCUT2D eigenvalue weighted by molar-refractivity contribution is 14.0. The number of methoxy groups -OCH3 is 3. The summed E-state index contributed by atoms with van der Waals surface area (Å²) in [6.45, 7) is 2.84. The van der Waals surface area contributed by atoms with Gasteiger partial charge >= 0.3 is 0 Å². The second-order valence-electron chi connectivity index (χ2n) is 5.76. The van der Waals surface area contributed by atoms with Gasteiger partial charge in [-0.1, -0.05) is 12.1 Å². The summed E-state index contributed by atoms with van der Waals surface area (Å²) in [6, 6.07) is 7.63. The van der Waals surface area contributed by atoms with E-state index in [0.29, 0.717) is 35.4 Å². The van der Waals surface area contributed by atoms with Crippen molar-refractivity contribution in [2.45, 2.75) is 13.3 Å². The lowest BCUT2D eigenvalue weighted by Crippen LogP contribution is -2.31. The Morgan fingerprint density at radius 1 is 1.03 bits per heavy atom. The van der Waals surface area contributed by atoms with Crippen molar-refractivity contribution in [3.8, 4) is 17.2 Å². The van der Waals surface area contributed by atoms with E-state index in [1.165, 1.54) is 27.4 Å². The smallest absolute Gasteiger partial charge is 0.203 e. The third-order valence-electron chi connectivity index (χ3n) is 3.95. The summed E-state index contributed by atoms with van der Waals surface area (Å²) in [5, 5.41) is 6.25. The molecule has 0 heterocycles. The van der Waals surface area contributed by atoms with Crippen molar-refractivity contribution in [1.82, 2.24) is 5.32 Å². The van der Waals surface area contributed by atoms with E-state index in [1.54, 1.807) is 18.2 Å². The number of ether oxygens (including phenoxy) is 3. The number of anilines is 1. The van der Waals surface area contributed by atoms with Crippen molar-refractivity contribution < 1.29 is 23.0 Å². The van der Waals surface area contributed by atoms with Crippen molar-refractivity contribution in [3.05, 3.63) is 47.5 Å². The zero-order chi connectivity index (χ0) is 20.5. The molecule has 0 aromatic heterocycles. The summed E-state index contributed by atoms with van der Waals surface area (Å²) < 4.78 is 43.1. The summed E-state index contributed by atoms with van der Waals surface area (Å²) >= 11 is 0. The van der Waals surface area contributed by atoms with Crippen LogP contribution in [0, 0.1) is 11.6 Å². The van der Waals surface area contributed by atoms with E-state index >= 15 is 0 Å². The lowest BCUT2D eigenvalue weighted by atomic mass is 10.1. The van der Waals surface area contributed by atoms with Gasteiger partial charge in [0.05, 0.1) is 21.3 Å². The van der Waals surface area contributed by atoms with Crippen LogP contribution >= 0.6 is 24.0 Å². The molecule has 0 fully saturated rings. The normalized spacial score (nSPS) is 10.8. The fourth-order valence-corrected chi connectivity index (χ4v) is 2.63. The molecular weight excluding hydrogens is 495 g/mol. The molecule has 0 unspecified atom stereocenters. The van der Waals surface area contributed by atoms with Gasteiger partial charge in [0.15, 0.2) is 29.1 Å². The lowest BCUT2D eigenvalue weighted by molar-refractivity contribution is 0.324. The maximum Gasteiger partial charge on any atom is 0.203 e. The maximum atomic E-state index is 13.8. The number of halogens is 3. The van der Waals surface area contributed by atoms with Crippen molar-refractivity contribution in [2.75, 3.05) is 39.7 Å². The Morgan fingerprint density at radius 2 is 1.69 bits per heavy atom. The molecule has 0 atom stereocenters. The number of hydrogen-bond donors (Lipinski definition) is 2. The molecule has 0 aliphatic carbocycles. The van der Waals surface area contributed by atoms with Gasteiger partial charge in [-0.2, -0.15) is 0 Å². The van der Waals surface area contributed by atoms with Crippen LogP contribution in [0.4, 0.5) is 14.5 Å². The second-order valence-corrected chi connectivity index (χ2v) is 5.76. The average molecular weight is 521 g/mol. The first-order valence-corrected chi connectivity index (χ1v) is 8.82. The minimum Gasteiger partial charge on any atom is -0.493 e. The zero-order valence-electron chi connectivity index (χ0n) is 16.8. The van der Waals surface area contributed by atoms with Gasteiger partial charge in [0.25, 0.3) is 0 Å². The minimum absolute atomic E-state index is 0. The lowest BCUT2D eigenvalue weighted by Gasteiger charge is -2.16. The van der Waals surface area contributed by atoms with E-state index in [4.69, 9.17) is 14.2 Å². The van der Waals surface area contributed by atoms with Gasteiger partial charge in [0.1, 0.15) is 0 Å². The molecule has 2 rings (SSSR count). The zero-order valence-corrected chi connectivity index (χ0v) is 19.2. The third kappa shape index (κ3) is 6.62. The van der Waals surface area contributed by atoms with E-state index in [1.807, 2.05) is 6.92 Å². The van der Waals surface area contributed by atoms with Crippen LogP contribution in [0.15, 0.2) is 35.3 Å². The fourth-order valence-electron chi connectivity index (χ4n) is 2.63. The third-order valence-corrected chi connectivity index (χ3v) is 3.95. The Hall–Kier alpha value is -2.30. The van der Waals surface area contributed by atoms with Crippen LogP contribution in [-0.2, 0) is 6.42 Å². The van der Waals surface area contributed by atoms with Gasteiger partial charge < -0.3 is 24.8 Å². The van der Waals surface area contributed by atoms with Crippen LogP contribution in [0.3, 0.4) is 0 Å². The van der Waals surface area contributed by atoms with Crippen LogP contribution < -0.4 is 24.8 Å². The number of rotatable bonds is 8. The Labute approximate surface area is 186 Å². The molecule has 6 nitrogen and oxygen atoms in total. The molecule has 2 aromatic carbocycles. The monoisotopic (exact) mass is 521 g/mol. The largest absolute Gasteiger partial charge is 0.493 e. The molecule has 9 heteroatoms.